The number of fused-ring (bicyclic) bond motifs is 1. The summed E-state index contributed by atoms with van der Waals surface area (Å²) in [5, 5.41) is 0.736. The second kappa shape index (κ2) is 4.18. The molecule has 0 aliphatic carbocycles. The lowest BCUT2D eigenvalue weighted by Crippen LogP contribution is -1.92. The van der Waals surface area contributed by atoms with Crippen molar-refractivity contribution in [3.05, 3.63) is 41.9 Å². The Morgan fingerprint density at radius 3 is 3.06 bits per heavy atom. The van der Waals surface area contributed by atoms with E-state index in [4.69, 9.17) is 0 Å². The highest BCUT2D eigenvalue weighted by molar-refractivity contribution is 5.93. The summed E-state index contributed by atoms with van der Waals surface area (Å²) < 4.78 is 17.5. The summed E-state index contributed by atoms with van der Waals surface area (Å²) >= 11 is 0. The van der Waals surface area contributed by atoms with Crippen LogP contribution in [-0.2, 0) is 9.53 Å². The molecule has 2 aromatic rings. The number of rotatable bonds is 2. The van der Waals surface area contributed by atoms with Crippen LogP contribution in [0, 0.1) is 5.82 Å². The van der Waals surface area contributed by atoms with Crippen LogP contribution in [0.5, 0.6) is 0 Å². The van der Waals surface area contributed by atoms with Crippen LogP contribution in [0.3, 0.4) is 0 Å². The van der Waals surface area contributed by atoms with Crippen molar-refractivity contribution in [1.29, 1.82) is 0 Å². The van der Waals surface area contributed by atoms with Crippen molar-refractivity contribution in [2.24, 2.45) is 0 Å². The molecule has 3 nitrogen and oxygen atoms in total. The van der Waals surface area contributed by atoms with E-state index in [-0.39, 0.29) is 5.82 Å². The molecule has 1 heterocycles. The molecule has 1 aromatic heterocycles. The number of esters is 1. The van der Waals surface area contributed by atoms with Gasteiger partial charge in [0.05, 0.1) is 7.11 Å². The maximum atomic E-state index is 13.0. The minimum Gasteiger partial charge on any atom is -0.466 e. The van der Waals surface area contributed by atoms with Gasteiger partial charge in [-0.25, -0.2) is 9.18 Å². The Kier molecular flexibility index (Phi) is 2.72. The van der Waals surface area contributed by atoms with Crippen molar-refractivity contribution >= 4 is 22.9 Å². The van der Waals surface area contributed by atoms with E-state index in [1.165, 1.54) is 25.3 Å². The smallest absolute Gasteiger partial charge is 0.330 e. The molecule has 0 saturated carbocycles. The second-order valence-electron chi connectivity index (χ2n) is 3.29. The second-order valence-corrected chi connectivity index (χ2v) is 3.29. The zero-order chi connectivity index (χ0) is 11.5. The number of ether oxygens (including phenoxy) is 1. The van der Waals surface area contributed by atoms with Gasteiger partial charge in [-0.3, -0.25) is 0 Å². The van der Waals surface area contributed by atoms with Gasteiger partial charge < -0.3 is 9.72 Å². The van der Waals surface area contributed by atoms with Gasteiger partial charge in [-0.1, -0.05) is 0 Å². The Morgan fingerprint density at radius 2 is 2.31 bits per heavy atom. The Labute approximate surface area is 91.5 Å². The van der Waals surface area contributed by atoms with E-state index in [9.17, 15) is 9.18 Å². The Bertz CT molecular complexity index is 557. The molecule has 0 aliphatic heterocycles. The molecule has 0 atom stereocenters. The molecule has 1 N–H and O–H groups in total. The normalized spacial score (nSPS) is 11.1. The molecule has 16 heavy (non-hydrogen) atoms. The van der Waals surface area contributed by atoms with Crippen molar-refractivity contribution in [2.45, 2.75) is 0 Å². The fourth-order valence-corrected chi connectivity index (χ4v) is 1.48. The zero-order valence-electron chi connectivity index (χ0n) is 8.66. The topological polar surface area (TPSA) is 42.1 Å². The molecule has 0 spiro atoms. The van der Waals surface area contributed by atoms with Gasteiger partial charge in [0.25, 0.3) is 0 Å². The first kappa shape index (κ1) is 10.4. The van der Waals surface area contributed by atoms with E-state index in [0.29, 0.717) is 0 Å². The minimum absolute atomic E-state index is 0.306. The van der Waals surface area contributed by atoms with E-state index < -0.39 is 5.97 Å². The number of H-pyrrole nitrogens is 1. The fourth-order valence-electron chi connectivity index (χ4n) is 1.48. The third-order valence-corrected chi connectivity index (χ3v) is 2.28. The van der Waals surface area contributed by atoms with Crippen LogP contribution in [0.15, 0.2) is 30.5 Å². The molecule has 0 saturated heterocycles. The fraction of sp³-hybridized carbons (Fsp3) is 0.0833. The van der Waals surface area contributed by atoms with Crippen molar-refractivity contribution in [1.82, 2.24) is 4.98 Å². The largest absolute Gasteiger partial charge is 0.466 e. The van der Waals surface area contributed by atoms with E-state index in [2.05, 4.69) is 9.72 Å². The molecule has 82 valence electrons. The van der Waals surface area contributed by atoms with Gasteiger partial charge in [0.1, 0.15) is 5.82 Å². The number of methoxy groups -OCH3 is 1. The number of aromatic amines is 1. The lowest BCUT2D eigenvalue weighted by Gasteiger charge is -1.93. The van der Waals surface area contributed by atoms with Crippen molar-refractivity contribution < 1.29 is 13.9 Å². The van der Waals surface area contributed by atoms with Gasteiger partial charge in [-0.2, -0.15) is 0 Å². The van der Waals surface area contributed by atoms with Crippen LogP contribution in [0.4, 0.5) is 4.39 Å². The van der Waals surface area contributed by atoms with Crippen molar-refractivity contribution in [3.8, 4) is 0 Å². The number of aromatic nitrogens is 1. The molecule has 0 bridgehead atoms. The maximum absolute atomic E-state index is 13.0. The Balaban J connectivity index is 2.41. The summed E-state index contributed by atoms with van der Waals surface area (Å²) in [4.78, 5) is 13.9. The monoisotopic (exact) mass is 219 g/mol. The molecule has 0 radical (unpaired) electrons. The first-order valence-electron chi connectivity index (χ1n) is 4.73. The van der Waals surface area contributed by atoms with Gasteiger partial charge in [-0.15, -0.1) is 0 Å². The zero-order valence-corrected chi connectivity index (χ0v) is 8.66. The van der Waals surface area contributed by atoms with E-state index in [1.807, 2.05) is 0 Å². The third kappa shape index (κ3) is 1.95. The predicted octanol–water partition coefficient (Wildman–Crippen LogP) is 2.49. The molecule has 1 aromatic carbocycles. The molecule has 4 heteroatoms. The average molecular weight is 219 g/mol. The van der Waals surface area contributed by atoms with E-state index in [1.54, 1.807) is 18.3 Å². The summed E-state index contributed by atoms with van der Waals surface area (Å²) in [6.45, 7) is 0. The third-order valence-electron chi connectivity index (χ3n) is 2.28. The summed E-state index contributed by atoms with van der Waals surface area (Å²) in [6, 6.07) is 4.45. The molecular formula is C12H10FNO2. The number of carbonyl (C=O) groups excluding carboxylic acids is 1. The van der Waals surface area contributed by atoms with Crippen molar-refractivity contribution in [2.75, 3.05) is 7.11 Å². The van der Waals surface area contributed by atoms with Gasteiger partial charge in [0, 0.05) is 28.7 Å². The number of carbonyl (C=O) groups is 1. The van der Waals surface area contributed by atoms with Crippen LogP contribution in [-0.4, -0.2) is 18.1 Å². The average Bonchev–Trinajstić information content (AvgIpc) is 2.68. The summed E-state index contributed by atoms with van der Waals surface area (Å²) in [5.74, 6) is -0.745. The van der Waals surface area contributed by atoms with Crippen LogP contribution < -0.4 is 0 Å². The van der Waals surface area contributed by atoms with E-state index in [0.717, 1.165) is 16.5 Å². The van der Waals surface area contributed by atoms with E-state index >= 15 is 0 Å². The maximum Gasteiger partial charge on any atom is 0.330 e. The molecule has 0 unspecified atom stereocenters. The quantitative estimate of drug-likeness (QED) is 0.622. The first-order valence-corrected chi connectivity index (χ1v) is 4.73. The summed E-state index contributed by atoms with van der Waals surface area (Å²) in [6.07, 6.45) is 4.60. The predicted molar refractivity (Wildman–Crippen MR) is 59.3 cm³/mol. The van der Waals surface area contributed by atoms with Gasteiger partial charge in [-0.05, 0) is 24.3 Å². The molecule has 0 fully saturated rings. The highest BCUT2D eigenvalue weighted by Gasteiger charge is 2.02. The Hall–Kier alpha value is -2.10. The summed E-state index contributed by atoms with van der Waals surface area (Å²) in [5.41, 5.74) is 1.57. The number of hydrogen-bond acceptors (Lipinski definition) is 2. The lowest BCUT2D eigenvalue weighted by molar-refractivity contribution is -0.134. The van der Waals surface area contributed by atoms with Gasteiger partial charge in [0.15, 0.2) is 0 Å². The van der Waals surface area contributed by atoms with Crippen LogP contribution in [0.25, 0.3) is 17.0 Å². The van der Waals surface area contributed by atoms with Crippen LogP contribution in [0.2, 0.25) is 0 Å². The molecule has 0 aliphatic rings. The number of nitrogens with one attached hydrogen (secondary N) is 1. The van der Waals surface area contributed by atoms with Gasteiger partial charge >= 0.3 is 5.97 Å². The highest BCUT2D eigenvalue weighted by atomic mass is 19.1. The number of halogens is 1. The highest BCUT2D eigenvalue weighted by Crippen LogP contribution is 2.20. The molecular weight excluding hydrogens is 209 g/mol. The first-order chi connectivity index (χ1) is 7.70. The van der Waals surface area contributed by atoms with Gasteiger partial charge in [0.2, 0.25) is 0 Å². The van der Waals surface area contributed by atoms with Crippen molar-refractivity contribution in [3.63, 3.8) is 0 Å². The summed E-state index contributed by atoms with van der Waals surface area (Å²) in [7, 11) is 1.31. The standard InChI is InChI=1S/C12H10FNO2/c1-16-12(15)5-2-8-7-14-11-4-3-9(13)6-10(8)11/h2-7,14H,1H3. The number of hydrogen-bond donors (Lipinski definition) is 1. The molecule has 2 rings (SSSR count). The minimum atomic E-state index is -0.439. The number of benzene rings is 1. The van der Waals surface area contributed by atoms with Crippen LogP contribution >= 0.6 is 0 Å². The Morgan fingerprint density at radius 1 is 1.50 bits per heavy atom. The lowest BCUT2D eigenvalue weighted by atomic mass is 10.1. The SMILES string of the molecule is COC(=O)C=Cc1c[nH]c2ccc(F)cc12. The van der Waals surface area contributed by atoms with Crippen LogP contribution in [0.1, 0.15) is 5.56 Å². The molecule has 0 amide bonds.